The van der Waals surface area contributed by atoms with Gasteiger partial charge in [0.15, 0.2) is 0 Å². The lowest BCUT2D eigenvalue weighted by atomic mass is 10.1. The largest absolute Gasteiger partial charge is 0.465 e. The fraction of sp³-hybridized carbons (Fsp3) is 0.458. The first kappa shape index (κ1) is 22.1. The first-order valence-corrected chi connectivity index (χ1v) is 11.2. The summed E-state index contributed by atoms with van der Waals surface area (Å²) in [6.07, 6.45) is 2.49. The number of anilines is 1. The van der Waals surface area contributed by atoms with E-state index in [1.165, 1.54) is 0 Å². The molecule has 170 valence electrons. The quantitative estimate of drug-likeness (QED) is 0.638. The van der Waals surface area contributed by atoms with Crippen LogP contribution in [0.5, 0.6) is 0 Å². The number of hydrazone groups is 1. The third-order valence-electron chi connectivity index (χ3n) is 5.89. The number of hydrogen-bond acceptors (Lipinski definition) is 7. The summed E-state index contributed by atoms with van der Waals surface area (Å²) in [5.41, 5.74) is 1.01. The summed E-state index contributed by atoms with van der Waals surface area (Å²) in [6.45, 7) is 6.33. The van der Waals surface area contributed by atoms with Gasteiger partial charge in [0, 0.05) is 13.0 Å². The van der Waals surface area contributed by atoms with E-state index in [0.717, 1.165) is 43.1 Å². The average Bonchev–Trinajstić information content (AvgIpc) is 3.56. The smallest absolute Gasteiger partial charge is 0.354 e. The maximum atomic E-state index is 13.3. The lowest BCUT2D eigenvalue weighted by Gasteiger charge is -2.28. The van der Waals surface area contributed by atoms with Crippen LogP contribution in [-0.2, 0) is 14.3 Å². The van der Waals surface area contributed by atoms with Crippen molar-refractivity contribution in [2.75, 3.05) is 31.3 Å². The standard InChI is InChI=1S/C24H30N4O4/c1-3-31-24(30)19-15-20(28(26-19)18-9-5-4-6-10-18)23(29)25-16-21(27-13-7-8-14-27)22-12-11-17(2)32-22/h4-6,9-12,20-21H,3,7-8,13-16H2,1-2H3,(H,25,29). The minimum atomic E-state index is -0.616. The Morgan fingerprint density at radius 3 is 2.59 bits per heavy atom. The molecule has 2 aliphatic rings. The highest BCUT2D eigenvalue weighted by atomic mass is 16.5. The van der Waals surface area contributed by atoms with Gasteiger partial charge in [0.2, 0.25) is 5.91 Å². The van der Waals surface area contributed by atoms with Crippen molar-refractivity contribution >= 4 is 23.3 Å². The molecule has 2 aromatic rings. The monoisotopic (exact) mass is 438 g/mol. The summed E-state index contributed by atoms with van der Waals surface area (Å²) in [5.74, 6) is 1.06. The summed E-state index contributed by atoms with van der Waals surface area (Å²) in [6, 6.07) is 12.7. The summed E-state index contributed by atoms with van der Waals surface area (Å²) in [7, 11) is 0. The van der Waals surface area contributed by atoms with Crippen LogP contribution in [0.15, 0.2) is 52.0 Å². The Morgan fingerprint density at radius 2 is 1.94 bits per heavy atom. The molecule has 0 aliphatic carbocycles. The summed E-state index contributed by atoms with van der Waals surface area (Å²) in [5, 5.41) is 9.14. The highest BCUT2D eigenvalue weighted by Crippen LogP contribution is 2.28. The van der Waals surface area contributed by atoms with Gasteiger partial charge in [0.25, 0.3) is 0 Å². The molecule has 8 heteroatoms. The molecule has 4 rings (SSSR count). The second-order valence-electron chi connectivity index (χ2n) is 8.12. The zero-order chi connectivity index (χ0) is 22.5. The second-order valence-corrected chi connectivity index (χ2v) is 8.12. The Balaban J connectivity index is 1.49. The number of nitrogens with one attached hydrogen (secondary N) is 1. The van der Waals surface area contributed by atoms with E-state index in [9.17, 15) is 9.59 Å². The van der Waals surface area contributed by atoms with Gasteiger partial charge in [-0.25, -0.2) is 4.79 Å². The van der Waals surface area contributed by atoms with Crippen LogP contribution in [0.25, 0.3) is 0 Å². The molecule has 2 atom stereocenters. The van der Waals surface area contributed by atoms with Crippen LogP contribution >= 0.6 is 0 Å². The topological polar surface area (TPSA) is 87.4 Å². The molecule has 8 nitrogen and oxygen atoms in total. The lowest BCUT2D eigenvalue weighted by molar-refractivity contribution is -0.135. The van der Waals surface area contributed by atoms with Crippen molar-refractivity contribution in [2.24, 2.45) is 5.10 Å². The molecule has 0 radical (unpaired) electrons. The number of ether oxygens (including phenoxy) is 1. The van der Waals surface area contributed by atoms with Crippen LogP contribution in [0.3, 0.4) is 0 Å². The molecular formula is C24H30N4O4. The minimum absolute atomic E-state index is 0.0211. The number of aryl methyl sites for hydroxylation is 1. The molecule has 1 aromatic heterocycles. The molecule has 0 bridgehead atoms. The molecule has 1 saturated heterocycles. The third-order valence-corrected chi connectivity index (χ3v) is 5.89. The van der Waals surface area contributed by atoms with Gasteiger partial charge in [0.1, 0.15) is 23.3 Å². The normalized spacial score (nSPS) is 19.6. The van der Waals surface area contributed by atoms with Crippen molar-refractivity contribution in [3.05, 3.63) is 54.0 Å². The maximum Gasteiger partial charge on any atom is 0.354 e. The van der Waals surface area contributed by atoms with Crippen LogP contribution in [0.4, 0.5) is 5.69 Å². The van der Waals surface area contributed by atoms with Gasteiger partial charge in [-0.15, -0.1) is 0 Å². The Bertz CT molecular complexity index is 965. The van der Waals surface area contributed by atoms with E-state index >= 15 is 0 Å². The average molecular weight is 439 g/mol. The minimum Gasteiger partial charge on any atom is -0.465 e. The van der Waals surface area contributed by atoms with Gasteiger partial charge in [0.05, 0.1) is 18.3 Å². The number of carbonyl (C=O) groups excluding carboxylic acids is 2. The van der Waals surface area contributed by atoms with E-state index in [4.69, 9.17) is 9.15 Å². The molecule has 1 fully saturated rings. The van der Waals surface area contributed by atoms with E-state index in [0.29, 0.717) is 6.54 Å². The number of amides is 1. The zero-order valence-electron chi connectivity index (χ0n) is 18.6. The number of furan rings is 1. The predicted octanol–water partition coefficient (Wildman–Crippen LogP) is 3.04. The van der Waals surface area contributed by atoms with E-state index in [1.54, 1.807) is 11.9 Å². The van der Waals surface area contributed by atoms with Crippen LogP contribution in [-0.4, -0.2) is 54.8 Å². The van der Waals surface area contributed by atoms with E-state index < -0.39 is 12.0 Å². The van der Waals surface area contributed by atoms with Crippen molar-refractivity contribution in [1.29, 1.82) is 0 Å². The molecule has 3 heterocycles. The predicted molar refractivity (Wildman–Crippen MR) is 121 cm³/mol. The van der Waals surface area contributed by atoms with Crippen molar-refractivity contribution in [3.8, 4) is 0 Å². The van der Waals surface area contributed by atoms with Gasteiger partial charge in [-0.2, -0.15) is 5.10 Å². The van der Waals surface area contributed by atoms with Gasteiger partial charge in [-0.3, -0.25) is 14.7 Å². The van der Waals surface area contributed by atoms with Gasteiger partial charge < -0.3 is 14.5 Å². The van der Waals surface area contributed by atoms with Crippen LogP contribution < -0.4 is 10.3 Å². The first-order chi connectivity index (χ1) is 15.6. The van der Waals surface area contributed by atoms with Gasteiger partial charge >= 0.3 is 5.97 Å². The number of rotatable bonds is 8. The highest BCUT2D eigenvalue weighted by molar-refractivity contribution is 6.38. The number of esters is 1. The van der Waals surface area contributed by atoms with Crippen molar-refractivity contribution in [1.82, 2.24) is 10.2 Å². The fourth-order valence-electron chi connectivity index (χ4n) is 4.28. The molecule has 32 heavy (non-hydrogen) atoms. The Morgan fingerprint density at radius 1 is 1.19 bits per heavy atom. The number of benzene rings is 1. The summed E-state index contributed by atoms with van der Waals surface area (Å²) >= 11 is 0. The number of para-hydroxylation sites is 1. The molecule has 2 aliphatic heterocycles. The SMILES string of the molecule is CCOC(=O)C1=NN(c2ccccc2)C(C(=O)NCC(c2ccc(C)o2)N2CCCC2)C1. The maximum absolute atomic E-state index is 13.3. The molecule has 0 spiro atoms. The Hall–Kier alpha value is -3.13. The van der Waals surface area contributed by atoms with Crippen LogP contribution in [0.2, 0.25) is 0 Å². The van der Waals surface area contributed by atoms with E-state index in [-0.39, 0.29) is 30.7 Å². The number of hydrogen-bond donors (Lipinski definition) is 1. The number of carbonyl (C=O) groups is 2. The van der Waals surface area contributed by atoms with Crippen LogP contribution in [0, 0.1) is 6.92 Å². The van der Waals surface area contributed by atoms with Gasteiger partial charge in [-0.05, 0) is 64.0 Å². The van der Waals surface area contributed by atoms with Gasteiger partial charge in [-0.1, -0.05) is 18.2 Å². The summed E-state index contributed by atoms with van der Waals surface area (Å²) in [4.78, 5) is 27.9. The first-order valence-electron chi connectivity index (χ1n) is 11.2. The van der Waals surface area contributed by atoms with Crippen molar-refractivity contribution in [2.45, 2.75) is 45.2 Å². The Kier molecular flexibility index (Phi) is 6.90. The van der Waals surface area contributed by atoms with Crippen LogP contribution in [0.1, 0.15) is 43.7 Å². The number of nitrogens with zero attached hydrogens (tertiary/aromatic N) is 3. The molecular weight excluding hydrogens is 408 g/mol. The Labute approximate surface area is 188 Å². The zero-order valence-corrected chi connectivity index (χ0v) is 18.6. The molecule has 0 saturated carbocycles. The fourth-order valence-corrected chi connectivity index (χ4v) is 4.28. The highest BCUT2D eigenvalue weighted by Gasteiger charge is 2.37. The van der Waals surface area contributed by atoms with E-state index in [2.05, 4.69) is 15.3 Å². The van der Waals surface area contributed by atoms with Crippen molar-refractivity contribution < 1.29 is 18.7 Å². The lowest BCUT2D eigenvalue weighted by Crippen LogP contribution is -2.45. The van der Waals surface area contributed by atoms with E-state index in [1.807, 2.05) is 49.4 Å². The number of likely N-dealkylation sites (tertiary alicyclic amines) is 1. The second kappa shape index (κ2) is 9.99. The molecule has 2 unspecified atom stereocenters. The molecule has 1 aromatic carbocycles. The summed E-state index contributed by atoms with van der Waals surface area (Å²) < 4.78 is 11.0. The molecule has 1 N–H and O–H groups in total. The third kappa shape index (κ3) is 4.85. The van der Waals surface area contributed by atoms with Crippen molar-refractivity contribution in [3.63, 3.8) is 0 Å². The molecule has 1 amide bonds.